The minimum Gasteiger partial charge on any atom is -0.455 e. The highest BCUT2D eigenvalue weighted by molar-refractivity contribution is 6.13. The standard InChI is InChI=1S/C60H41NO/c1-2-15-43-36-48(30-29-40(43)13-1)45-20-9-19-44(35-45)41-31-33-50(34-32-41)61(51-22-10-21-49(37-51)53-25-11-18-42-14-5-6-23-52(42)53)58-28-8-7-24-54(58)55-26-12-27-56-57-38-46-16-3-4-17-47(46)39-59(57)62-60(55)56/h1-7,9-27,29-39H,8,28H2. The molecule has 0 fully saturated rings. The van der Waals surface area contributed by atoms with Crippen molar-refractivity contribution in [1.82, 2.24) is 0 Å². The summed E-state index contributed by atoms with van der Waals surface area (Å²) in [7, 11) is 0. The molecule has 0 bridgehead atoms. The summed E-state index contributed by atoms with van der Waals surface area (Å²) in [6, 6.07) is 77.3. The molecule has 2 nitrogen and oxygen atoms in total. The Balaban J connectivity index is 1.01. The predicted octanol–water partition coefficient (Wildman–Crippen LogP) is 16.9. The summed E-state index contributed by atoms with van der Waals surface area (Å²) < 4.78 is 6.84. The quantitative estimate of drug-likeness (QED) is 0.160. The zero-order valence-corrected chi connectivity index (χ0v) is 34.1. The van der Waals surface area contributed by atoms with Crippen molar-refractivity contribution in [3.05, 3.63) is 236 Å². The Morgan fingerprint density at radius 3 is 1.84 bits per heavy atom. The van der Waals surface area contributed by atoms with E-state index in [9.17, 15) is 0 Å². The van der Waals surface area contributed by atoms with Gasteiger partial charge >= 0.3 is 0 Å². The van der Waals surface area contributed by atoms with Gasteiger partial charge in [0, 0.05) is 39.0 Å². The average molecular weight is 792 g/mol. The third kappa shape index (κ3) is 6.28. The molecule has 2 heteroatoms. The molecule has 0 saturated heterocycles. The first-order valence-corrected chi connectivity index (χ1v) is 21.5. The first kappa shape index (κ1) is 36.0. The summed E-state index contributed by atoms with van der Waals surface area (Å²) in [5, 5.41) is 9.66. The molecule has 0 aliphatic heterocycles. The van der Waals surface area contributed by atoms with E-state index < -0.39 is 0 Å². The van der Waals surface area contributed by atoms with Crippen LogP contribution < -0.4 is 4.90 Å². The van der Waals surface area contributed by atoms with E-state index in [1.54, 1.807) is 0 Å². The second-order valence-electron chi connectivity index (χ2n) is 16.4. The number of anilines is 2. The Morgan fingerprint density at radius 2 is 0.984 bits per heavy atom. The van der Waals surface area contributed by atoms with Gasteiger partial charge in [-0.25, -0.2) is 0 Å². The lowest BCUT2D eigenvalue weighted by molar-refractivity contribution is 0.668. The van der Waals surface area contributed by atoms with Gasteiger partial charge in [0.25, 0.3) is 0 Å². The average Bonchev–Trinajstić information content (AvgIpc) is 3.71. The van der Waals surface area contributed by atoms with Crippen LogP contribution in [0.2, 0.25) is 0 Å². The van der Waals surface area contributed by atoms with Crippen molar-refractivity contribution in [3.8, 4) is 33.4 Å². The van der Waals surface area contributed by atoms with Crippen molar-refractivity contribution < 1.29 is 4.42 Å². The van der Waals surface area contributed by atoms with Gasteiger partial charge in [0.05, 0.1) is 0 Å². The SMILES string of the molecule is C1=CC(c2cccc3c2oc2cc4ccccc4cc23)=C(N(c2ccc(-c3cccc(-c4ccc5ccccc5c4)c3)cc2)c2cccc(-c3cccc4ccccc34)c2)CC1. The lowest BCUT2D eigenvalue weighted by Crippen LogP contribution is -2.19. The molecule has 292 valence electrons. The van der Waals surface area contributed by atoms with Gasteiger partial charge in [-0.3, -0.25) is 0 Å². The van der Waals surface area contributed by atoms with Crippen molar-refractivity contribution in [3.63, 3.8) is 0 Å². The van der Waals surface area contributed by atoms with E-state index in [1.807, 2.05) is 0 Å². The second kappa shape index (κ2) is 15.0. The van der Waals surface area contributed by atoms with Crippen molar-refractivity contribution in [2.75, 3.05) is 4.90 Å². The predicted molar refractivity (Wildman–Crippen MR) is 263 cm³/mol. The van der Waals surface area contributed by atoms with Gasteiger partial charge < -0.3 is 9.32 Å². The third-order valence-electron chi connectivity index (χ3n) is 12.7. The number of hydrogen-bond acceptors (Lipinski definition) is 2. The number of fused-ring (bicyclic) bond motifs is 6. The molecule has 1 aliphatic rings. The summed E-state index contributed by atoms with van der Waals surface area (Å²) in [6.45, 7) is 0. The number of furan rings is 1. The molecule has 1 heterocycles. The zero-order valence-electron chi connectivity index (χ0n) is 34.1. The van der Waals surface area contributed by atoms with Gasteiger partial charge in [-0.2, -0.15) is 0 Å². The summed E-state index contributed by atoms with van der Waals surface area (Å²) in [5.41, 5.74) is 14.8. The largest absolute Gasteiger partial charge is 0.455 e. The molecule has 0 spiro atoms. The fourth-order valence-corrected chi connectivity index (χ4v) is 9.63. The molecule has 0 atom stereocenters. The maximum absolute atomic E-state index is 6.84. The van der Waals surface area contributed by atoms with Crippen LogP contribution in [-0.4, -0.2) is 0 Å². The molecule has 62 heavy (non-hydrogen) atoms. The maximum atomic E-state index is 6.84. The summed E-state index contributed by atoms with van der Waals surface area (Å²) in [4.78, 5) is 2.48. The van der Waals surface area contributed by atoms with Crippen molar-refractivity contribution in [2.45, 2.75) is 12.8 Å². The Hall–Kier alpha value is -7.94. The van der Waals surface area contributed by atoms with Gasteiger partial charge in [0.2, 0.25) is 0 Å². The molecule has 12 rings (SSSR count). The Kier molecular flexibility index (Phi) is 8.67. The fourth-order valence-electron chi connectivity index (χ4n) is 9.63. The van der Waals surface area contributed by atoms with E-state index in [2.05, 4.69) is 229 Å². The summed E-state index contributed by atoms with van der Waals surface area (Å²) >= 11 is 0. The fraction of sp³-hybridized carbons (Fsp3) is 0.0333. The van der Waals surface area contributed by atoms with Gasteiger partial charge in [-0.15, -0.1) is 0 Å². The van der Waals surface area contributed by atoms with Crippen molar-refractivity contribution in [1.29, 1.82) is 0 Å². The van der Waals surface area contributed by atoms with Crippen LogP contribution in [0, 0.1) is 0 Å². The summed E-state index contributed by atoms with van der Waals surface area (Å²) in [6.07, 6.45) is 6.44. The number of rotatable bonds is 7. The Morgan fingerprint density at radius 1 is 0.371 bits per heavy atom. The highest BCUT2D eigenvalue weighted by atomic mass is 16.3. The van der Waals surface area contributed by atoms with Crippen LogP contribution in [0.3, 0.4) is 0 Å². The van der Waals surface area contributed by atoms with Crippen molar-refractivity contribution in [2.24, 2.45) is 0 Å². The number of nitrogens with zero attached hydrogens (tertiary/aromatic N) is 1. The van der Waals surface area contributed by atoms with Crippen LogP contribution in [0.25, 0.3) is 93.2 Å². The van der Waals surface area contributed by atoms with Crippen molar-refractivity contribution >= 4 is 71.2 Å². The monoisotopic (exact) mass is 791 g/mol. The minimum absolute atomic E-state index is 0.875. The van der Waals surface area contributed by atoms with E-state index in [4.69, 9.17) is 4.42 Å². The van der Waals surface area contributed by atoms with Crippen LogP contribution in [0.4, 0.5) is 11.4 Å². The summed E-state index contributed by atoms with van der Waals surface area (Å²) in [5.74, 6) is 0. The lowest BCUT2D eigenvalue weighted by Gasteiger charge is -2.32. The van der Waals surface area contributed by atoms with E-state index in [0.717, 1.165) is 51.7 Å². The van der Waals surface area contributed by atoms with E-state index in [0.29, 0.717) is 0 Å². The smallest absolute Gasteiger partial charge is 0.143 e. The van der Waals surface area contributed by atoms with E-state index in [-0.39, 0.29) is 0 Å². The number of para-hydroxylation sites is 1. The molecule has 0 radical (unpaired) electrons. The van der Waals surface area contributed by atoms with E-state index >= 15 is 0 Å². The molecular weight excluding hydrogens is 751 g/mol. The molecule has 0 saturated carbocycles. The van der Waals surface area contributed by atoms with Gasteiger partial charge in [0.1, 0.15) is 11.2 Å². The van der Waals surface area contributed by atoms with Gasteiger partial charge in [-0.05, 0) is 127 Å². The lowest BCUT2D eigenvalue weighted by atomic mass is 9.92. The van der Waals surface area contributed by atoms with Crippen LogP contribution >= 0.6 is 0 Å². The van der Waals surface area contributed by atoms with Gasteiger partial charge in [0.15, 0.2) is 0 Å². The van der Waals surface area contributed by atoms with Crippen LogP contribution in [-0.2, 0) is 0 Å². The molecule has 11 aromatic rings. The van der Waals surface area contributed by atoms with Crippen LogP contribution in [0.15, 0.2) is 235 Å². The molecular formula is C60H41NO. The molecule has 1 aromatic heterocycles. The topological polar surface area (TPSA) is 16.4 Å². The number of allylic oxidation sites excluding steroid dienone is 4. The number of hydrogen-bond donors (Lipinski definition) is 0. The molecule has 0 unspecified atom stereocenters. The Bertz CT molecular complexity index is 3580. The first-order valence-electron chi connectivity index (χ1n) is 21.5. The molecule has 0 N–H and O–H groups in total. The third-order valence-corrected chi connectivity index (χ3v) is 12.7. The van der Waals surface area contributed by atoms with E-state index in [1.165, 1.54) is 77.0 Å². The molecule has 10 aromatic carbocycles. The van der Waals surface area contributed by atoms with Crippen LogP contribution in [0.1, 0.15) is 18.4 Å². The first-order chi connectivity index (χ1) is 30.7. The zero-order chi connectivity index (χ0) is 41.0. The Labute approximate surface area is 360 Å². The minimum atomic E-state index is 0.875. The maximum Gasteiger partial charge on any atom is 0.143 e. The highest BCUT2D eigenvalue weighted by Gasteiger charge is 2.24. The molecule has 1 aliphatic carbocycles. The molecule has 0 amide bonds. The normalized spacial score (nSPS) is 12.9. The second-order valence-corrected chi connectivity index (χ2v) is 16.4. The number of benzene rings is 10. The highest BCUT2D eigenvalue weighted by Crippen LogP contribution is 2.44. The van der Waals surface area contributed by atoms with Crippen LogP contribution in [0.5, 0.6) is 0 Å². The van der Waals surface area contributed by atoms with Gasteiger partial charge in [-0.1, -0.05) is 176 Å².